The topological polar surface area (TPSA) is 116 Å². The first-order valence-electron chi connectivity index (χ1n) is 9.55. The number of nitrogens with zero attached hydrogens (tertiary/aromatic N) is 1. The minimum Gasteiger partial charge on any atom is -0.508 e. The number of hydrogen-bond acceptors (Lipinski definition) is 6. The minimum atomic E-state index is -1.66. The number of methoxy groups -OCH3 is 1. The number of aliphatic carboxylic acids is 1. The van der Waals surface area contributed by atoms with Crippen LogP contribution < -0.4 is 10.1 Å². The monoisotopic (exact) mass is 410 g/mol. The van der Waals surface area contributed by atoms with Crippen LogP contribution in [0.4, 0.5) is 0 Å². The fraction of sp³-hybridized carbons (Fsp3) is 0.318. The molecular weight excluding hydrogens is 388 g/mol. The molecule has 2 fully saturated rings. The van der Waals surface area contributed by atoms with Gasteiger partial charge in [-0.05, 0) is 30.7 Å². The molecule has 4 unspecified atom stereocenters. The summed E-state index contributed by atoms with van der Waals surface area (Å²) in [6, 6.07) is 12.7. The van der Waals surface area contributed by atoms with E-state index in [2.05, 4.69) is 5.32 Å². The summed E-state index contributed by atoms with van der Waals surface area (Å²) in [5.74, 6) is -3.94. The van der Waals surface area contributed by atoms with Crippen LogP contribution in [-0.2, 0) is 20.9 Å². The van der Waals surface area contributed by atoms with Crippen molar-refractivity contribution in [2.24, 2.45) is 11.8 Å². The third-order valence-electron chi connectivity index (χ3n) is 6.08. The standard InChI is InChI=1S/C22H22N2O6/c1-22(21(28)29)17-16(18(23-22)14-10-13(30-2)8-9-15(14)25)19(26)24(20(17)27)11-12-6-4-3-5-7-12/h3-10,16-18,23,25H,11H2,1-2H3,(H,28,29). The van der Waals surface area contributed by atoms with E-state index < -0.39 is 41.2 Å². The summed E-state index contributed by atoms with van der Waals surface area (Å²) in [5.41, 5.74) is -0.578. The molecule has 2 saturated heterocycles. The van der Waals surface area contributed by atoms with Crippen LogP contribution in [0.3, 0.4) is 0 Å². The van der Waals surface area contributed by atoms with Crippen LogP contribution in [0.2, 0.25) is 0 Å². The number of carboxylic acid groups (broad SMARTS) is 1. The summed E-state index contributed by atoms with van der Waals surface area (Å²) in [4.78, 5) is 39.8. The van der Waals surface area contributed by atoms with E-state index in [-0.39, 0.29) is 12.3 Å². The molecule has 0 radical (unpaired) electrons. The normalized spacial score (nSPS) is 27.9. The summed E-state index contributed by atoms with van der Waals surface area (Å²) in [5, 5.41) is 23.3. The quantitative estimate of drug-likeness (QED) is 0.643. The summed E-state index contributed by atoms with van der Waals surface area (Å²) < 4.78 is 5.21. The maximum atomic E-state index is 13.3. The Labute approximate surface area is 173 Å². The van der Waals surface area contributed by atoms with Gasteiger partial charge in [-0.3, -0.25) is 24.6 Å². The number of carbonyl (C=O) groups excluding carboxylic acids is 2. The number of phenolic OH excluding ortho intramolecular Hbond substituents is 1. The average molecular weight is 410 g/mol. The molecule has 8 nitrogen and oxygen atoms in total. The number of carboxylic acids is 1. The Morgan fingerprint density at radius 1 is 1.17 bits per heavy atom. The lowest BCUT2D eigenvalue weighted by molar-refractivity contribution is -0.150. The van der Waals surface area contributed by atoms with Crippen LogP contribution in [0.1, 0.15) is 24.1 Å². The number of nitrogens with one attached hydrogen (secondary N) is 1. The number of benzene rings is 2. The van der Waals surface area contributed by atoms with Gasteiger partial charge in [-0.25, -0.2) is 0 Å². The number of carbonyl (C=O) groups is 3. The zero-order chi connectivity index (χ0) is 21.6. The van der Waals surface area contributed by atoms with Crippen molar-refractivity contribution >= 4 is 17.8 Å². The Morgan fingerprint density at radius 3 is 2.50 bits per heavy atom. The van der Waals surface area contributed by atoms with Crippen molar-refractivity contribution in [1.82, 2.24) is 10.2 Å². The van der Waals surface area contributed by atoms with Crippen LogP contribution in [0, 0.1) is 11.8 Å². The molecule has 2 heterocycles. The van der Waals surface area contributed by atoms with E-state index in [0.717, 1.165) is 10.5 Å². The fourth-order valence-corrected chi connectivity index (χ4v) is 4.49. The van der Waals surface area contributed by atoms with Gasteiger partial charge in [0.05, 0.1) is 25.5 Å². The van der Waals surface area contributed by atoms with Gasteiger partial charge in [0, 0.05) is 11.6 Å². The van der Waals surface area contributed by atoms with E-state index in [1.165, 1.54) is 20.1 Å². The molecule has 3 N–H and O–H groups in total. The first kappa shape index (κ1) is 19.9. The van der Waals surface area contributed by atoms with E-state index >= 15 is 0 Å². The molecule has 0 aromatic heterocycles. The largest absolute Gasteiger partial charge is 0.508 e. The number of hydrogen-bond donors (Lipinski definition) is 3. The SMILES string of the molecule is COc1ccc(O)c(C2NC(C)(C(=O)O)C3C(=O)N(Cc4ccccc4)C(=O)C23)c1. The van der Waals surface area contributed by atoms with Crippen LogP contribution in [0.5, 0.6) is 11.5 Å². The smallest absolute Gasteiger partial charge is 0.324 e. The summed E-state index contributed by atoms with van der Waals surface area (Å²) >= 11 is 0. The van der Waals surface area contributed by atoms with Crippen molar-refractivity contribution in [2.75, 3.05) is 7.11 Å². The molecule has 2 aromatic rings. The van der Waals surface area contributed by atoms with Crippen LogP contribution in [0.15, 0.2) is 48.5 Å². The number of aromatic hydroxyl groups is 1. The Balaban J connectivity index is 1.78. The Morgan fingerprint density at radius 2 is 1.87 bits per heavy atom. The van der Waals surface area contributed by atoms with Gasteiger partial charge in [0.1, 0.15) is 17.0 Å². The summed E-state index contributed by atoms with van der Waals surface area (Å²) in [6.45, 7) is 1.47. The molecule has 30 heavy (non-hydrogen) atoms. The molecule has 156 valence electrons. The number of likely N-dealkylation sites (tertiary alicyclic amines) is 1. The lowest BCUT2D eigenvalue weighted by Crippen LogP contribution is -2.53. The van der Waals surface area contributed by atoms with Gasteiger partial charge in [-0.1, -0.05) is 30.3 Å². The lowest BCUT2D eigenvalue weighted by Gasteiger charge is -2.27. The van der Waals surface area contributed by atoms with Gasteiger partial charge < -0.3 is 14.9 Å². The highest BCUT2D eigenvalue weighted by molar-refractivity contribution is 6.09. The molecule has 0 bridgehead atoms. The molecule has 2 aromatic carbocycles. The predicted octanol–water partition coefficient (Wildman–Crippen LogP) is 1.69. The number of phenols is 1. The molecule has 4 rings (SSSR count). The van der Waals surface area contributed by atoms with Gasteiger partial charge in [0.25, 0.3) is 0 Å². The highest BCUT2D eigenvalue weighted by Crippen LogP contribution is 2.50. The lowest BCUT2D eigenvalue weighted by atomic mass is 9.80. The van der Waals surface area contributed by atoms with Gasteiger partial charge in [-0.15, -0.1) is 0 Å². The predicted molar refractivity (Wildman–Crippen MR) is 106 cm³/mol. The minimum absolute atomic E-state index is 0.0675. The molecule has 8 heteroatoms. The highest BCUT2D eigenvalue weighted by atomic mass is 16.5. The van der Waals surface area contributed by atoms with E-state index in [9.17, 15) is 24.6 Å². The van der Waals surface area contributed by atoms with Crippen molar-refractivity contribution < 1.29 is 29.3 Å². The van der Waals surface area contributed by atoms with E-state index in [1.807, 2.05) is 6.07 Å². The van der Waals surface area contributed by atoms with E-state index in [1.54, 1.807) is 36.4 Å². The molecule has 0 saturated carbocycles. The molecule has 2 amide bonds. The fourth-order valence-electron chi connectivity index (χ4n) is 4.49. The Kier molecular flexibility index (Phi) is 4.74. The van der Waals surface area contributed by atoms with Crippen molar-refractivity contribution in [2.45, 2.75) is 25.0 Å². The zero-order valence-electron chi connectivity index (χ0n) is 16.5. The Hall–Kier alpha value is -3.39. The molecule has 0 spiro atoms. The number of ether oxygens (including phenoxy) is 1. The molecular formula is C22H22N2O6. The maximum Gasteiger partial charge on any atom is 0.324 e. The average Bonchev–Trinajstić information content (AvgIpc) is 3.18. The Bertz CT molecular complexity index is 1020. The number of imide groups is 1. The van der Waals surface area contributed by atoms with Gasteiger partial charge in [-0.2, -0.15) is 0 Å². The second-order valence-electron chi connectivity index (χ2n) is 7.81. The highest BCUT2D eigenvalue weighted by Gasteiger charge is 2.66. The summed E-state index contributed by atoms with van der Waals surface area (Å²) in [6.07, 6.45) is 0. The first-order valence-corrected chi connectivity index (χ1v) is 9.55. The molecule has 2 aliphatic rings. The third-order valence-corrected chi connectivity index (χ3v) is 6.08. The second-order valence-corrected chi connectivity index (χ2v) is 7.81. The van der Waals surface area contributed by atoms with Crippen molar-refractivity contribution in [3.8, 4) is 11.5 Å². The number of amides is 2. The van der Waals surface area contributed by atoms with Gasteiger partial charge >= 0.3 is 5.97 Å². The second kappa shape index (κ2) is 7.14. The first-order chi connectivity index (χ1) is 14.3. The molecule has 0 aliphatic carbocycles. The van der Waals surface area contributed by atoms with Crippen molar-refractivity contribution in [1.29, 1.82) is 0 Å². The molecule has 2 aliphatic heterocycles. The number of fused-ring (bicyclic) bond motifs is 1. The van der Waals surface area contributed by atoms with Crippen LogP contribution in [0.25, 0.3) is 0 Å². The van der Waals surface area contributed by atoms with Crippen molar-refractivity contribution in [3.05, 3.63) is 59.7 Å². The van der Waals surface area contributed by atoms with E-state index in [0.29, 0.717) is 11.3 Å². The number of rotatable bonds is 5. The van der Waals surface area contributed by atoms with E-state index in [4.69, 9.17) is 4.74 Å². The molecule has 4 atom stereocenters. The van der Waals surface area contributed by atoms with Crippen LogP contribution in [-0.4, -0.2) is 45.5 Å². The third kappa shape index (κ3) is 2.91. The van der Waals surface area contributed by atoms with Crippen LogP contribution >= 0.6 is 0 Å². The maximum absolute atomic E-state index is 13.3. The summed E-state index contributed by atoms with van der Waals surface area (Å²) in [7, 11) is 1.47. The zero-order valence-corrected chi connectivity index (χ0v) is 16.5. The van der Waals surface area contributed by atoms with Gasteiger partial charge in [0.2, 0.25) is 11.8 Å². The van der Waals surface area contributed by atoms with Crippen molar-refractivity contribution in [3.63, 3.8) is 0 Å². The van der Waals surface area contributed by atoms with Gasteiger partial charge in [0.15, 0.2) is 0 Å².